The van der Waals surface area contributed by atoms with Crippen molar-refractivity contribution < 1.29 is 32.6 Å². The van der Waals surface area contributed by atoms with E-state index in [-0.39, 0.29) is 29.0 Å². The van der Waals surface area contributed by atoms with E-state index in [1.54, 1.807) is 19.1 Å². The van der Waals surface area contributed by atoms with Crippen molar-refractivity contribution in [3.05, 3.63) is 29.8 Å². The molecule has 1 heterocycles. The molecule has 1 amide bonds. The van der Waals surface area contributed by atoms with Crippen molar-refractivity contribution in [3.63, 3.8) is 0 Å². The highest BCUT2D eigenvalue weighted by molar-refractivity contribution is 7.91. The first-order valence-corrected chi connectivity index (χ1v) is 10.3. The van der Waals surface area contributed by atoms with Crippen LogP contribution in [0.5, 0.6) is 11.5 Å². The largest absolute Gasteiger partial charge is 0.504 e. The van der Waals surface area contributed by atoms with Gasteiger partial charge in [0.1, 0.15) is 0 Å². The Labute approximate surface area is 158 Å². The normalized spacial score (nSPS) is 18.4. The monoisotopic (exact) mass is 397 g/mol. The van der Waals surface area contributed by atoms with Crippen molar-refractivity contribution >= 4 is 27.8 Å². The molecule has 27 heavy (non-hydrogen) atoms. The number of amides is 1. The highest BCUT2D eigenvalue weighted by atomic mass is 32.2. The third-order valence-electron chi connectivity index (χ3n) is 4.26. The number of likely N-dealkylation sites (N-methyl/N-ethyl adjacent to an activating group) is 1. The lowest BCUT2D eigenvalue weighted by atomic mass is 10.2. The van der Waals surface area contributed by atoms with Gasteiger partial charge in [-0.2, -0.15) is 0 Å². The van der Waals surface area contributed by atoms with Gasteiger partial charge in [0, 0.05) is 18.7 Å². The molecule has 0 unspecified atom stereocenters. The molecule has 0 spiro atoms. The molecule has 0 saturated carbocycles. The van der Waals surface area contributed by atoms with E-state index in [4.69, 9.17) is 9.47 Å². The second-order valence-corrected chi connectivity index (χ2v) is 8.34. The summed E-state index contributed by atoms with van der Waals surface area (Å²) in [5.74, 6) is -0.858. The number of carbonyl (C=O) groups is 2. The number of aromatic hydroxyl groups is 1. The van der Waals surface area contributed by atoms with Crippen LogP contribution < -0.4 is 4.74 Å². The first-order valence-electron chi connectivity index (χ1n) is 8.47. The second kappa shape index (κ2) is 8.90. The predicted octanol–water partition coefficient (Wildman–Crippen LogP) is 0.993. The van der Waals surface area contributed by atoms with Gasteiger partial charge >= 0.3 is 5.97 Å². The number of esters is 1. The smallest absolute Gasteiger partial charge is 0.331 e. The molecule has 0 radical (unpaired) electrons. The molecule has 148 valence electrons. The number of phenolic OH excluding ortho intramolecular Hbond substituents is 1. The number of ether oxygens (including phenoxy) is 2. The molecule has 1 atom stereocenters. The van der Waals surface area contributed by atoms with Crippen molar-refractivity contribution in [3.8, 4) is 11.5 Å². The van der Waals surface area contributed by atoms with E-state index in [1.165, 1.54) is 24.2 Å². The summed E-state index contributed by atoms with van der Waals surface area (Å²) in [5.41, 5.74) is 0.610. The predicted molar refractivity (Wildman–Crippen MR) is 99.1 cm³/mol. The molecule has 1 fully saturated rings. The Morgan fingerprint density at radius 2 is 2.11 bits per heavy atom. The molecule has 9 heteroatoms. The van der Waals surface area contributed by atoms with Crippen LogP contribution in [0.25, 0.3) is 6.08 Å². The molecule has 1 aliphatic rings. The molecule has 0 aliphatic carbocycles. The van der Waals surface area contributed by atoms with E-state index in [0.717, 1.165) is 6.08 Å². The summed E-state index contributed by atoms with van der Waals surface area (Å²) >= 11 is 0. The lowest BCUT2D eigenvalue weighted by Gasteiger charge is -2.26. The van der Waals surface area contributed by atoms with Gasteiger partial charge in [-0.25, -0.2) is 13.2 Å². The minimum Gasteiger partial charge on any atom is -0.504 e. The third-order valence-corrected chi connectivity index (χ3v) is 6.01. The maximum Gasteiger partial charge on any atom is 0.331 e. The average molecular weight is 397 g/mol. The molecule has 1 N–H and O–H groups in total. The Kier molecular flexibility index (Phi) is 6.84. The summed E-state index contributed by atoms with van der Waals surface area (Å²) in [6.07, 6.45) is 3.03. The number of rotatable bonds is 7. The van der Waals surface area contributed by atoms with E-state index in [9.17, 15) is 23.1 Å². The summed E-state index contributed by atoms with van der Waals surface area (Å²) < 4.78 is 33.1. The fraction of sp³-hybridized carbons (Fsp3) is 0.444. The van der Waals surface area contributed by atoms with Crippen LogP contribution in [-0.2, 0) is 24.2 Å². The number of methoxy groups -OCH3 is 1. The van der Waals surface area contributed by atoms with Gasteiger partial charge in [0.25, 0.3) is 5.91 Å². The fourth-order valence-electron chi connectivity index (χ4n) is 2.89. The highest BCUT2D eigenvalue weighted by Crippen LogP contribution is 2.26. The fourth-order valence-corrected chi connectivity index (χ4v) is 4.62. The van der Waals surface area contributed by atoms with Gasteiger partial charge in [-0.15, -0.1) is 0 Å². The lowest BCUT2D eigenvalue weighted by Crippen LogP contribution is -2.43. The van der Waals surface area contributed by atoms with E-state index in [0.29, 0.717) is 18.5 Å². The van der Waals surface area contributed by atoms with Crippen LogP contribution in [0.1, 0.15) is 18.9 Å². The van der Waals surface area contributed by atoms with Crippen molar-refractivity contribution in [1.82, 2.24) is 4.90 Å². The van der Waals surface area contributed by atoms with Gasteiger partial charge in [0.2, 0.25) is 0 Å². The van der Waals surface area contributed by atoms with Gasteiger partial charge in [-0.1, -0.05) is 6.07 Å². The van der Waals surface area contributed by atoms with E-state index in [1.807, 2.05) is 0 Å². The molecular formula is C18H23NO7S. The minimum atomic E-state index is -3.10. The highest BCUT2D eigenvalue weighted by Gasteiger charge is 2.34. The van der Waals surface area contributed by atoms with Gasteiger partial charge in [0.15, 0.2) is 27.9 Å². The molecule has 8 nitrogen and oxygen atoms in total. The average Bonchev–Trinajstić information content (AvgIpc) is 2.99. The number of hydrogen-bond acceptors (Lipinski definition) is 7. The van der Waals surface area contributed by atoms with Gasteiger partial charge < -0.3 is 19.5 Å². The zero-order valence-corrected chi connectivity index (χ0v) is 16.1. The number of carbonyl (C=O) groups excluding carboxylic acids is 2. The van der Waals surface area contributed by atoms with E-state index >= 15 is 0 Å². The molecule has 0 aromatic heterocycles. The van der Waals surface area contributed by atoms with Crippen LogP contribution in [0.15, 0.2) is 24.3 Å². The Morgan fingerprint density at radius 1 is 1.37 bits per heavy atom. The molecule has 1 saturated heterocycles. The number of nitrogens with zero attached hydrogens (tertiary/aromatic N) is 1. The lowest BCUT2D eigenvalue weighted by molar-refractivity contribution is -0.149. The molecular weight excluding hydrogens is 374 g/mol. The maximum atomic E-state index is 12.3. The molecule has 2 rings (SSSR count). The first kappa shape index (κ1) is 20.8. The topological polar surface area (TPSA) is 110 Å². The SMILES string of the molecule is CCN(C(=O)COC(=O)/C=C/c1ccc(O)c(OC)c1)[C@@H]1CCS(=O)(=O)C1. The quantitative estimate of drug-likeness (QED) is 0.540. The van der Waals surface area contributed by atoms with Crippen molar-refractivity contribution in [1.29, 1.82) is 0 Å². The Hall–Kier alpha value is -2.55. The van der Waals surface area contributed by atoms with Gasteiger partial charge in [0.05, 0.1) is 18.6 Å². The maximum absolute atomic E-state index is 12.3. The van der Waals surface area contributed by atoms with Gasteiger partial charge in [-0.05, 0) is 37.1 Å². The van der Waals surface area contributed by atoms with Crippen molar-refractivity contribution in [2.75, 3.05) is 31.8 Å². The van der Waals surface area contributed by atoms with Crippen LogP contribution in [0.3, 0.4) is 0 Å². The van der Waals surface area contributed by atoms with Gasteiger partial charge in [-0.3, -0.25) is 4.79 Å². The van der Waals surface area contributed by atoms with E-state index < -0.39 is 28.3 Å². The Balaban J connectivity index is 1.89. The molecule has 1 aromatic carbocycles. The molecule has 1 aliphatic heterocycles. The number of phenols is 1. The van der Waals surface area contributed by atoms with Crippen LogP contribution in [0.2, 0.25) is 0 Å². The van der Waals surface area contributed by atoms with Crippen LogP contribution in [0, 0.1) is 0 Å². The van der Waals surface area contributed by atoms with Crippen LogP contribution in [0.4, 0.5) is 0 Å². The number of hydrogen-bond donors (Lipinski definition) is 1. The third kappa shape index (κ3) is 5.72. The Bertz CT molecular complexity index is 832. The van der Waals surface area contributed by atoms with Crippen molar-refractivity contribution in [2.45, 2.75) is 19.4 Å². The molecule has 1 aromatic rings. The summed E-state index contributed by atoms with van der Waals surface area (Å²) in [7, 11) is -1.69. The minimum absolute atomic E-state index is 0.0172. The zero-order valence-electron chi connectivity index (χ0n) is 15.3. The van der Waals surface area contributed by atoms with E-state index in [2.05, 4.69) is 0 Å². The first-order chi connectivity index (χ1) is 12.8. The number of benzene rings is 1. The number of sulfone groups is 1. The summed E-state index contributed by atoms with van der Waals surface area (Å²) in [4.78, 5) is 25.5. The zero-order chi connectivity index (χ0) is 20.0. The van der Waals surface area contributed by atoms with Crippen molar-refractivity contribution in [2.24, 2.45) is 0 Å². The second-order valence-electron chi connectivity index (χ2n) is 6.11. The summed E-state index contributed by atoms with van der Waals surface area (Å²) in [5, 5.41) is 9.53. The summed E-state index contributed by atoms with van der Waals surface area (Å²) in [6.45, 7) is 1.65. The standard InChI is InChI=1S/C18H23NO7S/c1-3-19(14-8-9-27(23,24)12-14)17(21)11-26-18(22)7-5-13-4-6-15(20)16(10-13)25-2/h4-7,10,14,20H,3,8-9,11-12H2,1-2H3/b7-5+/t14-/m1/s1. The summed E-state index contributed by atoms with van der Waals surface area (Å²) in [6, 6.07) is 4.20. The Morgan fingerprint density at radius 3 is 2.70 bits per heavy atom. The van der Waals surface area contributed by atoms with Crippen LogP contribution >= 0.6 is 0 Å². The van der Waals surface area contributed by atoms with Crippen LogP contribution in [-0.4, -0.2) is 68.1 Å². The molecule has 0 bridgehead atoms.